The van der Waals surface area contributed by atoms with Gasteiger partial charge in [0.05, 0.1) is 33.2 Å². The maximum atomic E-state index is 10.7. The third kappa shape index (κ3) is 11.1. The van der Waals surface area contributed by atoms with Crippen LogP contribution in [0.1, 0.15) is 66.5 Å². The minimum atomic E-state index is -6.09. The molecule has 0 N–H and O–H groups in total. The van der Waals surface area contributed by atoms with Gasteiger partial charge in [0.1, 0.15) is 0 Å². The van der Waals surface area contributed by atoms with Crippen LogP contribution in [0.5, 0.6) is 0 Å². The van der Waals surface area contributed by atoms with Gasteiger partial charge in [0.2, 0.25) is 0 Å². The van der Waals surface area contributed by atoms with Gasteiger partial charge < -0.3 is 4.55 Å². The molecule has 0 atom stereocenters. The Morgan fingerprint density at radius 2 is 0.919 bits per heavy atom. The van der Waals surface area contributed by atoms with E-state index in [4.69, 9.17) is 13.0 Å². The van der Waals surface area contributed by atoms with Crippen molar-refractivity contribution < 1.29 is 43.2 Å². The van der Waals surface area contributed by atoms with E-state index < -0.39 is 31.5 Å². The Hall–Kier alpha value is -0.741. The molecule has 0 heterocycles. The predicted octanol–water partition coefficient (Wildman–Crippen LogP) is 7.22. The molecule has 0 bridgehead atoms. The molecular formula is C27H40CuF3O3P2S+2. The molecule has 0 radical (unpaired) electrons. The Balaban J connectivity index is 0.00000125. The molecule has 2 rings (SSSR count). The van der Waals surface area contributed by atoms with Gasteiger partial charge >= 0.3 is 22.6 Å². The van der Waals surface area contributed by atoms with Crippen LogP contribution in [0.15, 0.2) is 48.5 Å². The Morgan fingerprint density at radius 3 is 1.14 bits per heavy atom. The molecule has 0 saturated carbocycles. The van der Waals surface area contributed by atoms with Crippen LogP contribution in [0.2, 0.25) is 0 Å². The zero-order valence-corrected chi connectivity index (χ0v) is 26.4. The van der Waals surface area contributed by atoms with Crippen LogP contribution in [0.3, 0.4) is 0 Å². The molecule has 0 saturated heterocycles. The maximum Gasteiger partial charge on any atom is 1.00 e. The van der Waals surface area contributed by atoms with Gasteiger partial charge in [-0.25, -0.2) is 8.42 Å². The molecule has 2 aromatic carbocycles. The zero-order valence-electron chi connectivity index (χ0n) is 22.7. The van der Waals surface area contributed by atoms with E-state index >= 15 is 0 Å². The van der Waals surface area contributed by atoms with Crippen LogP contribution >= 0.6 is 15.8 Å². The van der Waals surface area contributed by atoms with Gasteiger partial charge in [0.25, 0.3) is 0 Å². The van der Waals surface area contributed by atoms with E-state index in [1.165, 1.54) is 11.1 Å². The second-order valence-corrected chi connectivity index (χ2v) is 18.8. The van der Waals surface area contributed by atoms with E-state index in [9.17, 15) is 13.2 Å². The summed E-state index contributed by atoms with van der Waals surface area (Å²) in [7, 11) is -7.26. The van der Waals surface area contributed by atoms with Crippen molar-refractivity contribution in [3.8, 4) is 0 Å². The minimum Gasteiger partial charge on any atom is -0.741 e. The zero-order chi connectivity index (χ0) is 27.8. The monoisotopic (exact) mass is 626 g/mol. The van der Waals surface area contributed by atoms with Gasteiger partial charge in [-0.15, -0.1) is 0 Å². The summed E-state index contributed by atoms with van der Waals surface area (Å²) in [5.74, 6) is 0. The SMILES string of the molecule is CC(C)[PH+](c1ccccc1/C=C/c1ccccc1[PH+](C(C)C)C(C)C)C(C)C.O=S(=O)([O-])C(F)(F)F.[Cu+]. The van der Waals surface area contributed by atoms with E-state index in [1.807, 2.05) is 0 Å². The van der Waals surface area contributed by atoms with E-state index in [0.717, 1.165) is 22.6 Å². The number of rotatable bonds is 8. The number of halogens is 3. The van der Waals surface area contributed by atoms with Crippen molar-refractivity contribution in [2.45, 2.75) is 83.5 Å². The molecule has 212 valence electrons. The van der Waals surface area contributed by atoms with E-state index in [2.05, 4.69) is 116 Å². The van der Waals surface area contributed by atoms with Gasteiger partial charge in [-0.05, 0) is 67.5 Å². The Morgan fingerprint density at radius 1 is 0.676 bits per heavy atom. The fraction of sp³-hybridized carbons (Fsp3) is 0.481. The van der Waals surface area contributed by atoms with Gasteiger partial charge in [-0.3, -0.25) is 0 Å². The summed E-state index contributed by atoms with van der Waals surface area (Å²) in [6.45, 7) is 19.1. The summed E-state index contributed by atoms with van der Waals surface area (Å²) in [5.41, 5.74) is 0.138. The summed E-state index contributed by atoms with van der Waals surface area (Å²) in [6.07, 6.45) is 4.76. The van der Waals surface area contributed by atoms with Crippen molar-refractivity contribution in [2.24, 2.45) is 0 Å². The van der Waals surface area contributed by atoms with Gasteiger partial charge in [0.15, 0.2) is 10.1 Å². The largest absolute Gasteiger partial charge is 1.00 e. The molecule has 3 nitrogen and oxygen atoms in total. The Bertz CT molecular complexity index is 1020. The molecule has 0 spiro atoms. The van der Waals surface area contributed by atoms with Crippen LogP contribution in [-0.2, 0) is 27.2 Å². The van der Waals surface area contributed by atoms with E-state index in [0.29, 0.717) is 0 Å². The summed E-state index contributed by atoms with van der Waals surface area (Å²) in [4.78, 5) is 0. The second-order valence-electron chi connectivity index (χ2n) is 9.94. The molecule has 0 fully saturated rings. The summed E-state index contributed by atoms with van der Waals surface area (Å²) >= 11 is 0. The summed E-state index contributed by atoms with van der Waals surface area (Å²) < 4.78 is 58.9. The van der Waals surface area contributed by atoms with Crippen molar-refractivity contribution in [2.75, 3.05) is 0 Å². The Labute approximate surface area is 234 Å². The molecule has 0 unspecified atom stereocenters. The van der Waals surface area contributed by atoms with E-state index in [-0.39, 0.29) is 17.1 Å². The summed E-state index contributed by atoms with van der Waals surface area (Å²) in [5, 5.41) is 3.17. The topological polar surface area (TPSA) is 57.2 Å². The third-order valence-corrected chi connectivity index (χ3v) is 13.5. The molecule has 0 aliphatic rings. The molecule has 37 heavy (non-hydrogen) atoms. The van der Waals surface area contributed by atoms with Crippen molar-refractivity contribution >= 4 is 48.7 Å². The third-order valence-electron chi connectivity index (χ3n) is 5.76. The van der Waals surface area contributed by atoms with Gasteiger partial charge in [-0.1, -0.05) is 48.6 Å². The van der Waals surface area contributed by atoms with Crippen LogP contribution in [-0.4, -0.2) is 41.1 Å². The molecular weight excluding hydrogens is 587 g/mol. The average Bonchev–Trinajstić information content (AvgIpc) is 2.72. The quantitative estimate of drug-likeness (QED) is 0.102. The second kappa shape index (κ2) is 15.8. The summed E-state index contributed by atoms with van der Waals surface area (Å²) in [6, 6.07) is 18.2. The number of alkyl halides is 3. The smallest absolute Gasteiger partial charge is 0.741 e. The average molecular weight is 627 g/mol. The normalized spacial score (nSPS) is 12.6. The molecule has 0 amide bonds. The number of benzene rings is 2. The maximum absolute atomic E-state index is 10.7. The first-order valence-electron chi connectivity index (χ1n) is 12.1. The van der Waals surface area contributed by atoms with Crippen molar-refractivity contribution in [1.29, 1.82) is 0 Å². The van der Waals surface area contributed by atoms with E-state index in [1.54, 1.807) is 10.6 Å². The van der Waals surface area contributed by atoms with Gasteiger partial charge in [-0.2, -0.15) is 13.2 Å². The number of hydrogen-bond donors (Lipinski definition) is 0. The van der Waals surface area contributed by atoms with Gasteiger partial charge in [0, 0.05) is 27.0 Å². The van der Waals surface area contributed by atoms with Crippen LogP contribution in [0.4, 0.5) is 13.2 Å². The first-order chi connectivity index (χ1) is 16.5. The molecule has 10 heteroatoms. The fourth-order valence-corrected chi connectivity index (χ4v) is 11.3. The first-order valence-corrected chi connectivity index (χ1v) is 16.8. The van der Waals surface area contributed by atoms with Crippen LogP contribution in [0.25, 0.3) is 12.2 Å². The number of hydrogen-bond acceptors (Lipinski definition) is 3. The minimum absolute atomic E-state index is 0. The predicted molar refractivity (Wildman–Crippen MR) is 154 cm³/mol. The molecule has 0 aliphatic heterocycles. The molecule has 0 aliphatic carbocycles. The van der Waals surface area contributed by atoms with Crippen LogP contribution in [0, 0.1) is 0 Å². The van der Waals surface area contributed by atoms with Crippen molar-refractivity contribution in [3.05, 3.63) is 59.7 Å². The first kappa shape index (κ1) is 36.3. The standard InChI is InChI=1S/C26H38P2.CHF3O3S.Cu/c1-19(2)27(20(3)4)25-15-11-9-13-23(25)17-18-24-14-10-12-16-26(24)28(21(5)6)22(7)8;2-1(3,4)8(5,6)7;/h9-22H,1-8H3;(H,5,6,7);/q;;+1/p+1/b18-17+;;. The fourth-order valence-electron chi connectivity index (χ4n) is 4.57. The van der Waals surface area contributed by atoms with Crippen molar-refractivity contribution in [1.82, 2.24) is 0 Å². The van der Waals surface area contributed by atoms with Crippen molar-refractivity contribution in [3.63, 3.8) is 0 Å². The Kier molecular flexibility index (Phi) is 15.4. The molecule has 0 aromatic heterocycles. The molecule has 2 aromatic rings. The van der Waals surface area contributed by atoms with Crippen LogP contribution < -0.4 is 10.6 Å².